The lowest BCUT2D eigenvalue weighted by Crippen LogP contribution is -2.25. The molecule has 1 heterocycles. The van der Waals surface area contributed by atoms with Gasteiger partial charge >= 0.3 is 0 Å². The maximum absolute atomic E-state index is 5.67. The van der Waals surface area contributed by atoms with Crippen molar-refractivity contribution in [2.24, 2.45) is 5.73 Å². The van der Waals surface area contributed by atoms with Crippen LogP contribution in [0.1, 0.15) is 25.1 Å². The van der Waals surface area contributed by atoms with E-state index in [1.807, 2.05) is 19.9 Å². The summed E-state index contributed by atoms with van der Waals surface area (Å²) in [5.41, 5.74) is 8.94. The Morgan fingerprint density at radius 1 is 1.50 bits per heavy atom. The van der Waals surface area contributed by atoms with Gasteiger partial charge in [-0.3, -0.25) is 0 Å². The minimum atomic E-state index is 0.557. The molecule has 0 bridgehead atoms. The third-order valence-corrected chi connectivity index (χ3v) is 2.40. The zero-order valence-electron chi connectivity index (χ0n) is 10.5. The van der Waals surface area contributed by atoms with E-state index in [-0.39, 0.29) is 0 Å². The second-order valence-corrected chi connectivity index (χ2v) is 4.15. The number of aryl methyl sites for hydroxylation is 1. The summed E-state index contributed by atoms with van der Waals surface area (Å²) in [6.45, 7) is 12.4. The molecule has 0 aliphatic heterocycles. The van der Waals surface area contributed by atoms with Crippen LogP contribution in [0.4, 0.5) is 5.82 Å². The van der Waals surface area contributed by atoms with Crippen LogP contribution in [0.5, 0.6) is 0 Å². The summed E-state index contributed by atoms with van der Waals surface area (Å²) in [7, 11) is 0. The van der Waals surface area contributed by atoms with E-state index in [2.05, 4.69) is 29.5 Å². The van der Waals surface area contributed by atoms with Gasteiger partial charge < -0.3 is 10.6 Å². The molecule has 0 spiro atoms. The SMILES string of the molecule is C=C(C)CN(CC)c1cc(CN)cc(C)n1. The first-order chi connectivity index (χ1) is 7.56. The molecule has 3 nitrogen and oxygen atoms in total. The Hall–Kier alpha value is -1.35. The zero-order chi connectivity index (χ0) is 12.1. The van der Waals surface area contributed by atoms with E-state index in [0.29, 0.717) is 6.54 Å². The summed E-state index contributed by atoms with van der Waals surface area (Å²) >= 11 is 0. The van der Waals surface area contributed by atoms with Gasteiger partial charge in [-0.15, -0.1) is 0 Å². The van der Waals surface area contributed by atoms with Gasteiger partial charge in [-0.1, -0.05) is 12.2 Å². The molecule has 2 N–H and O–H groups in total. The Morgan fingerprint density at radius 2 is 2.19 bits per heavy atom. The van der Waals surface area contributed by atoms with Crippen molar-refractivity contribution < 1.29 is 0 Å². The quantitative estimate of drug-likeness (QED) is 0.772. The predicted octanol–water partition coefficient (Wildman–Crippen LogP) is 2.25. The van der Waals surface area contributed by atoms with Gasteiger partial charge in [-0.25, -0.2) is 4.98 Å². The average Bonchev–Trinajstić information content (AvgIpc) is 2.24. The average molecular weight is 219 g/mol. The van der Waals surface area contributed by atoms with Crippen molar-refractivity contribution in [3.8, 4) is 0 Å². The minimum Gasteiger partial charge on any atom is -0.353 e. The highest BCUT2D eigenvalue weighted by Gasteiger charge is 2.07. The minimum absolute atomic E-state index is 0.557. The van der Waals surface area contributed by atoms with Crippen LogP contribution in [0.3, 0.4) is 0 Å². The third-order valence-electron chi connectivity index (χ3n) is 2.40. The number of anilines is 1. The molecule has 0 unspecified atom stereocenters. The molecule has 0 fully saturated rings. The highest BCUT2D eigenvalue weighted by molar-refractivity contribution is 5.43. The van der Waals surface area contributed by atoms with Gasteiger partial charge in [0.15, 0.2) is 0 Å². The molecule has 1 rings (SSSR count). The molecule has 3 heteroatoms. The largest absolute Gasteiger partial charge is 0.353 e. The van der Waals surface area contributed by atoms with Crippen molar-refractivity contribution in [1.29, 1.82) is 0 Å². The van der Waals surface area contributed by atoms with E-state index in [1.165, 1.54) is 0 Å². The van der Waals surface area contributed by atoms with Gasteiger partial charge in [0.05, 0.1) is 0 Å². The normalized spacial score (nSPS) is 10.2. The van der Waals surface area contributed by atoms with E-state index < -0.39 is 0 Å². The Labute approximate surface area is 98.0 Å². The lowest BCUT2D eigenvalue weighted by atomic mass is 10.2. The van der Waals surface area contributed by atoms with Crippen LogP contribution in [0.25, 0.3) is 0 Å². The van der Waals surface area contributed by atoms with Gasteiger partial charge in [-0.2, -0.15) is 0 Å². The second kappa shape index (κ2) is 5.66. The Kier molecular flexibility index (Phi) is 4.50. The van der Waals surface area contributed by atoms with E-state index in [9.17, 15) is 0 Å². The van der Waals surface area contributed by atoms with Crippen LogP contribution < -0.4 is 10.6 Å². The molecule has 0 atom stereocenters. The first kappa shape index (κ1) is 12.7. The van der Waals surface area contributed by atoms with Crippen LogP contribution >= 0.6 is 0 Å². The molecule has 0 saturated carbocycles. The van der Waals surface area contributed by atoms with Crippen molar-refractivity contribution in [2.75, 3.05) is 18.0 Å². The fraction of sp³-hybridized carbons (Fsp3) is 0.462. The van der Waals surface area contributed by atoms with Gasteiger partial charge in [0.2, 0.25) is 0 Å². The van der Waals surface area contributed by atoms with Gasteiger partial charge in [0.1, 0.15) is 5.82 Å². The van der Waals surface area contributed by atoms with Crippen molar-refractivity contribution in [2.45, 2.75) is 27.3 Å². The summed E-state index contributed by atoms with van der Waals surface area (Å²) in [6, 6.07) is 4.08. The van der Waals surface area contributed by atoms with Crippen LogP contribution in [-0.4, -0.2) is 18.1 Å². The fourth-order valence-electron chi connectivity index (χ4n) is 1.68. The first-order valence-electron chi connectivity index (χ1n) is 5.63. The summed E-state index contributed by atoms with van der Waals surface area (Å²) in [5, 5.41) is 0. The van der Waals surface area contributed by atoms with Crippen LogP contribution in [0, 0.1) is 6.92 Å². The lowest BCUT2D eigenvalue weighted by Gasteiger charge is -2.23. The van der Waals surface area contributed by atoms with Crippen LogP contribution in [-0.2, 0) is 6.54 Å². The number of nitrogens with two attached hydrogens (primary N) is 1. The molecular weight excluding hydrogens is 198 g/mol. The molecule has 0 aliphatic rings. The number of hydrogen-bond acceptors (Lipinski definition) is 3. The molecule has 16 heavy (non-hydrogen) atoms. The van der Waals surface area contributed by atoms with Gasteiger partial charge in [-0.05, 0) is 38.5 Å². The van der Waals surface area contributed by atoms with E-state index in [4.69, 9.17) is 5.73 Å². The van der Waals surface area contributed by atoms with Crippen molar-refractivity contribution in [1.82, 2.24) is 4.98 Å². The lowest BCUT2D eigenvalue weighted by molar-refractivity contribution is 0.851. The molecule has 0 aliphatic carbocycles. The summed E-state index contributed by atoms with van der Waals surface area (Å²) in [4.78, 5) is 6.74. The Morgan fingerprint density at radius 3 is 2.69 bits per heavy atom. The Balaban J connectivity index is 2.99. The molecule has 1 aromatic heterocycles. The maximum atomic E-state index is 5.67. The topological polar surface area (TPSA) is 42.1 Å². The van der Waals surface area contributed by atoms with Gasteiger partial charge in [0, 0.05) is 25.3 Å². The second-order valence-electron chi connectivity index (χ2n) is 4.15. The van der Waals surface area contributed by atoms with Crippen LogP contribution in [0.2, 0.25) is 0 Å². The smallest absolute Gasteiger partial charge is 0.129 e. The molecule has 88 valence electrons. The number of likely N-dealkylation sites (N-methyl/N-ethyl adjacent to an activating group) is 1. The third kappa shape index (κ3) is 3.35. The highest BCUT2D eigenvalue weighted by atomic mass is 15.2. The number of aromatic nitrogens is 1. The molecule has 0 radical (unpaired) electrons. The summed E-state index contributed by atoms with van der Waals surface area (Å²) < 4.78 is 0. The summed E-state index contributed by atoms with van der Waals surface area (Å²) in [5.74, 6) is 0.992. The van der Waals surface area contributed by atoms with Crippen LogP contribution in [0.15, 0.2) is 24.3 Å². The van der Waals surface area contributed by atoms with Crippen molar-refractivity contribution >= 4 is 5.82 Å². The van der Waals surface area contributed by atoms with E-state index in [1.54, 1.807) is 0 Å². The highest BCUT2D eigenvalue weighted by Crippen LogP contribution is 2.15. The standard InChI is InChI=1S/C13H21N3/c1-5-16(9-10(2)3)13-7-12(8-14)6-11(4)15-13/h6-7H,2,5,8-9,14H2,1,3-4H3. The number of pyridine rings is 1. The number of rotatable bonds is 5. The molecular formula is C13H21N3. The molecule has 0 saturated heterocycles. The molecule has 0 amide bonds. The summed E-state index contributed by atoms with van der Waals surface area (Å²) in [6.07, 6.45) is 0. The number of hydrogen-bond donors (Lipinski definition) is 1. The maximum Gasteiger partial charge on any atom is 0.129 e. The predicted molar refractivity (Wildman–Crippen MR) is 69.6 cm³/mol. The van der Waals surface area contributed by atoms with E-state index >= 15 is 0 Å². The van der Waals surface area contributed by atoms with Crippen molar-refractivity contribution in [3.63, 3.8) is 0 Å². The first-order valence-corrected chi connectivity index (χ1v) is 5.63. The number of nitrogens with zero attached hydrogens (tertiary/aromatic N) is 2. The molecule has 0 aromatic carbocycles. The van der Waals surface area contributed by atoms with Crippen molar-refractivity contribution in [3.05, 3.63) is 35.5 Å². The van der Waals surface area contributed by atoms with Gasteiger partial charge in [0.25, 0.3) is 0 Å². The molecule has 1 aromatic rings. The fourth-order valence-corrected chi connectivity index (χ4v) is 1.68. The zero-order valence-corrected chi connectivity index (χ0v) is 10.5. The monoisotopic (exact) mass is 219 g/mol. The van der Waals surface area contributed by atoms with E-state index in [0.717, 1.165) is 35.7 Å². The Bertz CT molecular complexity index is 371.